The first kappa shape index (κ1) is 13.0. The van der Waals surface area contributed by atoms with Gasteiger partial charge in [0.2, 0.25) is 0 Å². The van der Waals surface area contributed by atoms with Crippen molar-refractivity contribution < 1.29 is 14.7 Å². The normalized spacial score (nSPS) is 18.9. The number of urea groups is 1. The lowest BCUT2D eigenvalue weighted by atomic mass is 10.3. The third-order valence-corrected chi connectivity index (χ3v) is 4.16. The molecule has 3 N–H and O–H groups in total. The molecule has 1 aliphatic heterocycles. The minimum Gasteiger partial charge on any atom is -0.480 e. The molecule has 7 nitrogen and oxygen atoms in total. The molecule has 2 amide bonds. The van der Waals surface area contributed by atoms with Crippen molar-refractivity contribution in [1.29, 1.82) is 0 Å². The number of aromatic nitrogens is 1. The molecule has 0 aliphatic carbocycles. The third kappa shape index (κ3) is 2.85. The van der Waals surface area contributed by atoms with E-state index < -0.39 is 18.0 Å². The number of thioether (sulfide) groups is 1. The minimum atomic E-state index is -1.00. The minimum absolute atomic E-state index is 0.181. The molecule has 0 aromatic carbocycles. The third-order valence-electron chi connectivity index (χ3n) is 2.43. The molecule has 1 aromatic rings. The van der Waals surface area contributed by atoms with Gasteiger partial charge in [0.1, 0.15) is 6.04 Å². The highest BCUT2D eigenvalue weighted by Crippen LogP contribution is 2.20. The van der Waals surface area contributed by atoms with Gasteiger partial charge in [0.25, 0.3) is 0 Å². The van der Waals surface area contributed by atoms with E-state index in [2.05, 4.69) is 10.3 Å². The summed E-state index contributed by atoms with van der Waals surface area (Å²) in [6, 6.07) is -1.21. The van der Waals surface area contributed by atoms with Crippen LogP contribution >= 0.6 is 23.1 Å². The molecular weight excluding hydrogens is 278 g/mol. The predicted molar refractivity (Wildman–Crippen MR) is 67.8 cm³/mol. The van der Waals surface area contributed by atoms with Gasteiger partial charge in [0.15, 0.2) is 0 Å². The number of carbonyl (C=O) groups is 2. The molecule has 2 rings (SSSR count). The number of carboxylic acid groups (broad SMARTS) is 1. The van der Waals surface area contributed by atoms with E-state index in [-0.39, 0.29) is 11.4 Å². The molecule has 18 heavy (non-hydrogen) atoms. The smallest absolute Gasteiger partial charge is 0.327 e. The molecule has 2 heterocycles. The van der Waals surface area contributed by atoms with Gasteiger partial charge in [0, 0.05) is 16.8 Å². The fraction of sp³-hybridized carbons (Fsp3) is 0.444. The number of carboxylic acids is 1. The molecule has 1 aromatic heterocycles. The first-order chi connectivity index (χ1) is 8.58. The Kier molecular flexibility index (Phi) is 3.92. The zero-order valence-corrected chi connectivity index (χ0v) is 10.8. The number of thiazole rings is 1. The Labute approximate surface area is 110 Å². The molecule has 0 radical (unpaired) electrons. The van der Waals surface area contributed by atoms with E-state index in [9.17, 15) is 14.4 Å². The first-order valence-electron chi connectivity index (χ1n) is 5.09. The monoisotopic (exact) mass is 289 g/mol. The van der Waals surface area contributed by atoms with Crippen molar-refractivity contribution in [3.05, 3.63) is 20.7 Å². The number of hydrogen-bond acceptors (Lipinski definition) is 5. The van der Waals surface area contributed by atoms with E-state index in [0.29, 0.717) is 17.3 Å². The number of aromatic amines is 1. The maximum absolute atomic E-state index is 11.8. The van der Waals surface area contributed by atoms with Crippen LogP contribution in [0.15, 0.2) is 10.2 Å². The fourth-order valence-electron chi connectivity index (χ4n) is 1.52. The molecule has 9 heteroatoms. The lowest BCUT2D eigenvalue weighted by molar-refractivity contribution is -0.140. The van der Waals surface area contributed by atoms with Crippen LogP contribution in [-0.4, -0.2) is 44.7 Å². The summed E-state index contributed by atoms with van der Waals surface area (Å²) in [5.41, 5.74) is 0.608. The summed E-state index contributed by atoms with van der Waals surface area (Å²) in [5, 5.41) is 13.1. The molecule has 0 spiro atoms. The Morgan fingerprint density at radius 3 is 3.00 bits per heavy atom. The highest BCUT2D eigenvalue weighted by atomic mass is 32.2. The SMILES string of the molecule is O=C(O)[C@@H]1CSCN1C(=O)NCc1csc(=O)[nH]1. The van der Waals surface area contributed by atoms with Crippen LogP contribution in [0.4, 0.5) is 4.79 Å². The van der Waals surface area contributed by atoms with Crippen LogP contribution in [0.25, 0.3) is 0 Å². The quantitative estimate of drug-likeness (QED) is 0.732. The van der Waals surface area contributed by atoms with Crippen LogP contribution in [-0.2, 0) is 11.3 Å². The highest BCUT2D eigenvalue weighted by Gasteiger charge is 2.34. The zero-order valence-electron chi connectivity index (χ0n) is 9.21. The molecule has 0 saturated carbocycles. The van der Waals surface area contributed by atoms with Crippen molar-refractivity contribution in [2.24, 2.45) is 0 Å². The molecule has 1 atom stereocenters. The fourth-order valence-corrected chi connectivity index (χ4v) is 3.25. The van der Waals surface area contributed by atoms with E-state index >= 15 is 0 Å². The van der Waals surface area contributed by atoms with Crippen molar-refractivity contribution in [3.8, 4) is 0 Å². The van der Waals surface area contributed by atoms with E-state index in [4.69, 9.17) is 5.11 Å². The number of carbonyl (C=O) groups excluding carboxylic acids is 1. The maximum atomic E-state index is 11.8. The summed E-state index contributed by atoms with van der Waals surface area (Å²) >= 11 is 2.42. The number of rotatable bonds is 3. The van der Waals surface area contributed by atoms with Crippen LogP contribution in [0.1, 0.15) is 5.69 Å². The predicted octanol–water partition coefficient (Wildman–Crippen LogP) is 0.106. The summed E-state index contributed by atoms with van der Waals surface area (Å²) in [6.07, 6.45) is 0. The number of nitrogens with one attached hydrogen (secondary N) is 2. The molecular formula is C9H11N3O4S2. The Bertz CT molecular complexity index is 512. The Balaban J connectivity index is 1.91. The van der Waals surface area contributed by atoms with Gasteiger partial charge in [-0.15, -0.1) is 11.8 Å². The average Bonchev–Trinajstić information content (AvgIpc) is 2.94. The number of amides is 2. The highest BCUT2D eigenvalue weighted by molar-refractivity contribution is 7.99. The van der Waals surface area contributed by atoms with Gasteiger partial charge in [-0.1, -0.05) is 11.3 Å². The first-order valence-corrected chi connectivity index (χ1v) is 7.13. The number of nitrogens with zero attached hydrogens (tertiary/aromatic N) is 1. The van der Waals surface area contributed by atoms with Gasteiger partial charge in [-0.25, -0.2) is 9.59 Å². The summed E-state index contributed by atoms with van der Waals surface area (Å²) in [5.74, 6) is -0.236. The largest absolute Gasteiger partial charge is 0.480 e. The second-order valence-electron chi connectivity index (χ2n) is 3.66. The lowest BCUT2D eigenvalue weighted by Crippen LogP contribution is -2.46. The zero-order chi connectivity index (χ0) is 13.1. The molecule has 98 valence electrons. The van der Waals surface area contributed by atoms with Crippen molar-refractivity contribution in [2.45, 2.75) is 12.6 Å². The van der Waals surface area contributed by atoms with Crippen molar-refractivity contribution in [3.63, 3.8) is 0 Å². The van der Waals surface area contributed by atoms with Crippen molar-refractivity contribution in [2.75, 3.05) is 11.6 Å². The van der Waals surface area contributed by atoms with Crippen LogP contribution < -0.4 is 10.2 Å². The summed E-state index contributed by atoms with van der Waals surface area (Å²) in [4.78, 5) is 37.3. The van der Waals surface area contributed by atoms with Gasteiger partial charge in [0.05, 0.1) is 12.4 Å². The van der Waals surface area contributed by atoms with Gasteiger partial charge >= 0.3 is 16.9 Å². The average molecular weight is 289 g/mol. The second-order valence-corrected chi connectivity index (χ2v) is 5.50. The second kappa shape index (κ2) is 5.44. The van der Waals surface area contributed by atoms with Gasteiger partial charge in [-0.05, 0) is 0 Å². The van der Waals surface area contributed by atoms with Crippen LogP contribution in [0.3, 0.4) is 0 Å². The number of hydrogen-bond donors (Lipinski definition) is 3. The Morgan fingerprint density at radius 1 is 1.61 bits per heavy atom. The summed E-state index contributed by atoms with van der Waals surface area (Å²) in [6.45, 7) is 0.186. The van der Waals surface area contributed by atoms with Crippen LogP contribution in [0, 0.1) is 0 Å². The van der Waals surface area contributed by atoms with Crippen LogP contribution in [0.5, 0.6) is 0 Å². The Morgan fingerprint density at radius 2 is 2.39 bits per heavy atom. The lowest BCUT2D eigenvalue weighted by Gasteiger charge is -2.20. The van der Waals surface area contributed by atoms with Gasteiger partial charge in [-0.3, -0.25) is 4.79 Å². The van der Waals surface area contributed by atoms with Crippen molar-refractivity contribution >= 4 is 35.1 Å². The molecule has 1 saturated heterocycles. The van der Waals surface area contributed by atoms with Gasteiger partial charge in [-0.2, -0.15) is 0 Å². The van der Waals surface area contributed by atoms with E-state index in [1.54, 1.807) is 5.38 Å². The molecule has 1 aliphatic rings. The molecule has 1 fully saturated rings. The maximum Gasteiger partial charge on any atom is 0.327 e. The number of aliphatic carboxylic acids is 1. The topological polar surface area (TPSA) is 102 Å². The molecule has 0 unspecified atom stereocenters. The molecule has 0 bridgehead atoms. The summed E-state index contributed by atoms with van der Waals surface area (Å²) < 4.78 is 0. The van der Waals surface area contributed by atoms with Gasteiger partial charge < -0.3 is 20.3 Å². The Hall–Kier alpha value is -1.48. The van der Waals surface area contributed by atoms with E-state index in [1.165, 1.54) is 16.7 Å². The standard InChI is InChI=1S/C9H11N3O4S2/c13-7(14)6-3-17-4-12(6)8(15)10-1-5-2-18-9(16)11-5/h2,6H,1,3-4H2,(H,10,15)(H,11,16)(H,13,14)/t6-/m0/s1. The van der Waals surface area contributed by atoms with E-state index in [1.807, 2.05) is 0 Å². The summed E-state index contributed by atoms with van der Waals surface area (Å²) in [7, 11) is 0. The number of H-pyrrole nitrogens is 1. The van der Waals surface area contributed by atoms with E-state index in [0.717, 1.165) is 11.3 Å². The van der Waals surface area contributed by atoms with Crippen molar-refractivity contribution in [1.82, 2.24) is 15.2 Å². The van der Waals surface area contributed by atoms with Crippen LogP contribution in [0.2, 0.25) is 0 Å².